The van der Waals surface area contributed by atoms with Crippen LogP contribution in [0.2, 0.25) is 0 Å². The second kappa shape index (κ2) is 6.47. The minimum atomic E-state index is 0.339. The zero-order valence-corrected chi connectivity index (χ0v) is 9.01. The van der Waals surface area contributed by atoms with Gasteiger partial charge >= 0.3 is 0 Å². The molecule has 0 bridgehead atoms. The lowest BCUT2D eigenvalue weighted by Gasteiger charge is -2.16. The molecule has 0 aliphatic heterocycles. The van der Waals surface area contributed by atoms with Crippen LogP contribution in [0.25, 0.3) is 0 Å². The van der Waals surface area contributed by atoms with Gasteiger partial charge in [0.2, 0.25) is 0 Å². The molecule has 2 atom stereocenters. The van der Waals surface area contributed by atoms with E-state index in [1.54, 1.807) is 0 Å². The first kappa shape index (κ1) is 12.0. The van der Waals surface area contributed by atoms with E-state index in [-0.39, 0.29) is 0 Å². The van der Waals surface area contributed by atoms with Crippen molar-refractivity contribution in [1.82, 2.24) is 0 Å². The Labute approximate surface area is 77.2 Å². The molecule has 0 aliphatic rings. The van der Waals surface area contributed by atoms with E-state index in [9.17, 15) is 0 Å². The molecule has 0 aromatic carbocycles. The molecule has 0 fully saturated rings. The van der Waals surface area contributed by atoms with Crippen LogP contribution >= 0.6 is 0 Å². The third-order valence-corrected chi connectivity index (χ3v) is 2.35. The fraction of sp³-hybridized carbons (Fsp3) is 1.00. The molecule has 0 spiro atoms. The third kappa shape index (κ3) is 6.66. The Morgan fingerprint density at radius 1 is 0.917 bits per heavy atom. The van der Waals surface area contributed by atoms with Crippen LogP contribution in [0.15, 0.2) is 0 Å². The highest BCUT2D eigenvalue weighted by molar-refractivity contribution is 4.59. The summed E-state index contributed by atoms with van der Waals surface area (Å²) >= 11 is 0. The summed E-state index contributed by atoms with van der Waals surface area (Å²) in [6, 6.07) is 0. The van der Waals surface area contributed by atoms with Crippen LogP contribution in [-0.4, -0.2) is 11.7 Å². The molecule has 1 heteroatoms. The van der Waals surface area contributed by atoms with Crippen LogP contribution < -0.4 is 0 Å². The van der Waals surface area contributed by atoms with E-state index >= 15 is 0 Å². The SMILES string of the molecule is CC(C)CCC(C)CC(C)CO. The Hall–Kier alpha value is -0.0400. The molecule has 12 heavy (non-hydrogen) atoms. The molecule has 0 saturated carbocycles. The van der Waals surface area contributed by atoms with Gasteiger partial charge in [-0.05, 0) is 24.2 Å². The van der Waals surface area contributed by atoms with Crippen molar-refractivity contribution in [1.29, 1.82) is 0 Å². The van der Waals surface area contributed by atoms with Gasteiger partial charge in [0.25, 0.3) is 0 Å². The molecular weight excluding hydrogens is 148 g/mol. The number of hydrogen-bond donors (Lipinski definition) is 1. The zero-order chi connectivity index (χ0) is 9.56. The Kier molecular flexibility index (Phi) is 6.45. The van der Waals surface area contributed by atoms with E-state index in [2.05, 4.69) is 27.7 Å². The number of hydrogen-bond acceptors (Lipinski definition) is 1. The minimum Gasteiger partial charge on any atom is -0.396 e. The Morgan fingerprint density at radius 2 is 1.50 bits per heavy atom. The summed E-state index contributed by atoms with van der Waals surface area (Å²) in [6.45, 7) is 9.27. The number of rotatable bonds is 6. The van der Waals surface area contributed by atoms with Gasteiger partial charge in [-0.25, -0.2) is 0 Å². The molecule has 0 rings (SSSR count). The maximum Gasteiger partial charge on any atom is 0.0456 e. The van der Waals surface area contributed by atoms with Gasteiger partial charge in [0, 0.05) is 6.61 Å². The van der Waals surface area contributed by atoms with E-state index in [0.29, 0.717) is 12.5 Å². The number of aliphatic hydroxyl groups is 1. The van der Waals surface area contributed by atoms with Gasteiger partial charge in [-0.3, -0.25) is 0 Å². The predicted octanol–water partition coefficient (Wildman–Crippen LogP) is 3.08. The van der Waals surface area contributed by atoms with Crippen molar-refractivity contribution in [2.45, 2.75) is 47.0 Å². The van der Waals surface area contributed by atoms with E-state index in [1.807, 2.05) is 0 Å². The Balaban J connectivity index is 3.39. The maximum absolute atomic E-state index is 8.86. The molecule has 74 valence electrons. The lowest BCUT2D eigenvalue weighted by Crippen LogP contribution is -2.07. The van der Waals surface area contributed by atoms with Crippen molar-refractivity contribution >= 4 is 0 Å². The van der Waals surface area contributed by atoms with Crippen molar-refractivity contribution in [3.05, 3.63) is 0 Å². The molecule has 1 N–H and O–H groups in total. The summed E-state index contributed by atoms with van der Waals surface area (Å²) in [4.78, 5) is 0. The molecule has 0 aromatic heterocycles. The van der Waals surface area contributed by atoms with Gasteiger partial charge in [0.1, 0.15) is 0 Å². The van der Waals surface area contributed by atoms with Gasteiger partial charge in [0.15, 0.2) is 0 Å². The topological polar surface area (TPSA) is 20.2 Å². The molecular formula is C11H24O. The van der Waals surface area contributed by atoms with Crippen LogP contribution in [0, 0.1) is 17.8 Å². The molecule has 0 saturated heterocycles. The second-order valence-electron chi connectivity index (χ2n) is 4.60. The molecule has 0 radical (unpaired) electrons. The van der Waals surface area contributed by atoms with Crippen LogP contribution in [-0.2, 0) is 0 Å². The summed E-state index contributed by atoms with van der Waals surface area (Å²) in [5.41, 5.74) is 0. The van der Waals surface area contributed by atoms with E-state index < -0.39 is 0 Å². The monoisotopic (exact) mass is 172 g/mol. The first-order valence-electron chi connectivity index (χ1n) is 5.17. The largest absolute Gasteiger partial charge is 0.396 e. The molecule has 1 nitrogen and oxygen atoms in total. The van der Waals surface area contributed by atoms with Crippen molar-refractivity contribution in [3.63, 3.8) is 0 Å². The molecule has 0 amide bonds. The van der Waals surface area contributed by atoms with Gasteiger partial charge in [-0.1, -0.05) is 40.5 Å². The van der Waals surface area contributed by atoms with Crippen LogP contribution in [0.4, 0.5) is 0 Å². The smallest absolute Gasteiger partial charge is 0.0456 e. The Bertz CT molecular complexity index is 99.2. The highest BCUT2D eigenvalue weighted by Crippen LogP contribution is 2.18. The standard InChI is InChI=1S/C11H24O/c1-9(2)5-6-10(3)7-11(4)8-12/h9-12H,5-8H2,1-4H3. The first-order valence-corrected chi connectivity index (χ1v) is 5.17. The lowest BCUT2D eigenvalue weighted by atomic mass is 9.91. The average Bonchev–Trinajstić information content (AvgIpc) is 2.00. The van der Waals surface area contributed by atoms with Gasteiger partial charge < -0.3 is 5.11 Å². The molecule has 0 aliphatic carbocycles. The van der Waals surface area contributed by atoms with Crippen LogP contribution in [0.3, 0.4) is 0 Å². The first-order chi connectivity index (χ1) is 5.56. The molecule has 2 unspecified atom stereocenters. The lowest BCUT2D eigenvalue weighted by molar-refractivity contribution is 0.211. The maximum atomic E-state index is 8.86. The van der Waals surface area contributed by atoms with Crippen molar-refractivity contribution in [3.8, 4) is 0 Å². The van der Waals surface area contributed by atoms with E-state index in [1.165, 1.54) is 19.3 Å². The molecule has 0 heterocycles. The summed E-state index contributed by atoms with van der Waals surface area (Å²) in [5, 5.41) is 8.86. The summed E-state index contributed by atoms with van der Waals surface area (Å²) < 4.78 is 0. The summed E-state index contributed by atoms with van der Waals surface area (Å²) in [7, 11) is 0. The summed E-state index contributed by atoms with van der Waals surface area (Å²) in [6.07, 6.45) is 3.80. The number of aliphatic hydroxyl groups excluding tert-OH is 1. The fourth-order valence-electron chi connectivity index (χ4n) is 1.50. The van der Waals surface area contributed by atoms with Crippen molar-refractivity contribution in [2.75, 3.05) is 6.61 Å². The van der Waals surface area contributed by atoms with Gasteiger partial charge in [-0.2, -0.15) is 0 Å². The zero-order valence-electron chi connectivity index (χ0n) is 9.01. The third-order valence-electron chi connectivity index (χ3n) is 2.35. The molecule has 0 aromatic rings. The normalized spacial score (nSPS) is 16.5. The highest BCUT2D eigenvalue weighted by atomic mass is 16.3. The van der Waals surface area contributed by atoms with E-state index in [4.69, 9.17) is 5.11 Å². The van der Waals surface area contributed by atoms with Gasteiger partial charge in [0.05, 0.1) is 0 Å². The van der Waals surface area contributed by atoms with Crippen molar-refractivity contribution in [2.24, 2.45) is 17.8 Å². The average molecular weight is 172 g/mol. The minimum absolute atomic E-state index is 0.339. The second-order valence-corrected chi connectivity index (χ2v) is 4.60. The van der Waals surface area contributed by atoms with Crippen LogP contribution in [0.5, 0.6) is 0 Å². The Morgan fingerprint density at radius 3 is 1.92 bits per heavy atom. The van der Waals surface area contributed by atoms with Gasteiger partial charge in [-0.15, -0.1) is 0 Å². The van der Waals surface area contributed by atoms with Crippen LogP contribution in [0.1, 0.15) is 47.0 Å². The predicted molar refractivity (Wildman–Crippen MR) is 54.1 cm³/mol. The highest BCUT2D eigenvalue weighted by Gasteiger charge is 2.08. The fourth-order valence-corrected chi connectivity index (χ4v) is 1.50. The quantitative estimate of drug-likeness (QED) is 0.653. The van der Waals surface area contributed by atoms with E-state index in [0.717, 1.165) is 11.8 Å². The van der Waals surface area contributed by atoms with Crippen molar-refractivity contribution < 1.29 is 5.11 Å². The summed E-state index contributed by atoms with van der Waals surface area (Å²) in [5.74, 6) is 2.07.